The molecule has 0 radical (unpaired) electrons. The summed E-state index contributed by atoms with van der Waals surface area (Å²) >= 11 is 5.99. The summed E-state index contributed by atoms with van der Waals surface area (Å²) < 4.78 is 0. The van der Waals surface area contributed by atoms with Gasteiger partial charge in [-0.1, -0.05) is 11.6 Å². The molecule has 1 aromatic heterocycles. The van der Waals surface area contributed by atoms with Gasteiger partial charge in [0, 0.05) is 25.2 Å². The van der Waals surface area contributed by atoms with Crippen molar-refractivity contribution in [2.45, 2.75) is 0 Å². The number of anilines is 1. The third kappa shape index (κ3) is 1.62. The van der Waals surface area contributed by atoms with Gasteiger partial charge in [-0.2, -0.15) is 0 Å². The van der Waals surface area contributed by atoms with Gasteiger partial charge < -0.3 is 10.6 Å². The number of nitrogens with two attached hydrogens (primary N) is 1. The highest BCUT2D eigenvalue weighted by atomic mass is 35.5. The van der Waals surface area contributed by atoms with Crippen LogP contribution in [0.3, 0.4) is 0 Å². The normalized spacial score (nSPS) is 17.2. The number of pyridine rings is 1. The number of nitrogens with zero attached hydrogens (tertiary/aromatic N) is 2. The molecule has 0 bridgehead atoms. The lowest BCUT2D eigenvalue weighted by atomic mass is 10.0. The Kier molecular flexibility index (Phi) is 2.38. The van der Waals surface area contributed by atoms with Crippen LogP contribution in [-0.2, 0) is 0 Å². The molecule has 1 fully saturated rings. The number of aromatic nitrogens is 1. The number of halogens is 1. The molecule has 70 valence electrons. The van der Waals surface area contributed by atoms with Crippen molar-refractivity contribution < 1.29 is 0 Å². The molecule has 0 unspecified atom stereocenters. The molecule has 0 aromatic carbocycles. The van der Waals surface area contributed by atoms with E-state index in [1.165, 1.54) is 0 Å². The van der Waals surface area contributed by atoms with Crippen LogP contribution in [0.15, 0.2) is 18.3 Å². The van der Waals surface area contributed by atoms with Crippen LogP contribution in [0.5, 0.6) is 0 Å². The standard InChI is InChI=1S/C9H12ClN3/c10-8-2-1-3-12-9(8)13-5-7(4-11)6-13/h1-3,7H,4-6,11H2. The Morgan fingerprint density at radius 1 is 1.62 bits per heavy atom. The zero-order valence-corrected chi connectivity index (χ0v) is 8.04. The second kappa shape index (κ2) is 3.52. The predicted molar refractivity (Wildman–Crippen MR) is 54.0 cm³/mol. The smallest absolute Gasteiger partial charge is 0.147 e. The average molecular weight is 198 g/mol. The first-order chi connectivity index (χ1) is 6.31. The minimum atomic E-state index is 0.609. The molecular weight excluding hydrogens is 186 g/mol. The fourth-order valence-corrected chi connectivity index (χ4v) is 1.74. The van der Waals surface area contributed by atoms with E-state index < -0.39 is 0 Å². The summed E-state index contributed by atoms with van der Waals surface area (Å²) in [6, 6.07) is 3.70. The summed E-state index contributed by atoms with van der Waals surface area (Å²) in [5.74, 6) is 1.49. The zero-order valence-electron chi connectivity index (χ0n) is 7.28. The van der Waals surface area contributed by atoms with Gasteiger partial charge in [0.25, 0.3) is 0 Å². The van der Waals surface area contributed by atoms with Crippen molar-refractivity contribution in [2.24, 2.45) is 11.7 Å². The fourth-order valence-electron chi connectivity index (χ4n) is 1.50. The Bertz CT molecular complexity index is 297. The van der Waals surface area contributed by atoms with Gasteiger partial charge in [0.05, 0.1) is 5.02 Å². The van der Waals surface area contributed by atoms with Crippen LogP contribution in [0.1, 0.15) is 0 Å². The minimum Gasteiger partial charge on any atom is -0.355 e. The van der Waals surface area contributed by atoms with Crippen LogP contribution in [0.4, 0.5) is 5.82 Å². The average Bonchev–Trinajstić information content (AvgIpc) is 2.06. The molecule has 2 N–H and O–H groups in total. The largest absolute Gasteiger partial charge is 0.355 e. The Morgan fingerprint density at radius 2 is 2.38 bits per heavy atom. The molecule has 2 rings (SSSR count). The van der Waals surface area contributed by atoms with Crippen molar-refractivity contribution >= 4 is 17.4 Å². The number of hydrogen-bond acceptors (Lipinski definition) is 3. The van der Waals surface area contributed by atoms with E-state index >= 15 is 0 Å². The van der Waals surface area contributed by atoms with E-state index in [2.05, 4.69) is 9.88 Å². The quantitative estimate of drug-likeness (QED) is 0.773. The van der Waals surface area contributed by atoms with E-state index in [1.807, 2.05) is 12.1 Å². The Balaban J connectivity index is 2.07. The van der Waals surface area contributed by atoms with Gasteiger partial charge in [0.2, 0.25) is 0 Å². The Hall–Kier alpha value is -0.800. The highest BCUT2D eigenvalue weighted by Gasteiger charge is 2.27. The van der Waals surface area contributed by atoms with Crippen LogP contribution >= 0.6 is 11.6 Å². The van der Waals surface area contributed by atoms with Crippen LogP contribution in [0.25, 0.3) is 0 Å². The van der Waals surface area contributed by atoms with Crippen molar-refractivity contribution in [3.05, 3.63) is 23.4 Å². The lowest BCUT2D eigenvalue weighted by Gasteiger charge is -2.39. The highest BCUT2D eigenvalue weighted by Crippen LogP contribution is 2.28. The minimum absolute atomic E-state index is 0.609. The first kappa shape index (κ1) is 8.78. The van der Waals surface area contributed by atoms with E-state index in [1.54, 1.807) is 6.20 Å². The van der Waals surface area contributed by atoms with E-state index in [0.717, 1.165) is 30.5 Å². The van der Waals surface area contributed by atoms with Gasteiger partial charge in [0.15, 0.2) is 0 Å². The first-order valence-corrected chi connectivity index (χ1v) is 4.74. The van der Waals surface area contributed by atoms with Crippen molar-refractivity contribution in [2.75, 3.05) is 24.5 Å². The SMILES string of the molecule is NCC1CN(c2ncccc2Cl)C1. The van der Waals surface area contributed by atoms with E-state index in [-0.39, 0.29) is 0 Å². The Labute approximate surface area is 82.5 Å². The first-order valence-electron chi connectivity index (χ1n) is 4.37. The van der Waals surface area contributed by atoms with Crippen molar-refractivity contribution in [3.8, 4) is 0 Å². The number of hydrogen-bond donors (Lipinski definition) is 1. The van der Waals surface area contributed by atoms with Gasteiger partial charge in [-0.25, -0.2) is 4.98 Å². The van der Waals surface area contributed by atoms with Crippen LogP contribution in [-0.4, -0.2) is 24.6 Å². The van der Waals surface area contributed by atoms with Crippen LogP contribution < -0.4 is 10.6 Å². The Morgan fingerprint density at radius 3 is 3.00 bits per heavy atom. The maximum Gasteiger partial charge on any atom is 0.147 e. The summed E-state index contributed by atoms with van der Waals surface area (Å²) in [6.45, 7) is 2.71. The van der Waals surface area contributed by atoms with Gasteiger partial charge in [-0.3, -0.25) is 0 Å². The van der Waals surface area contributed by atoms with Gasteiger partial charge in [-0.05, 0) is 18.7 Å². The molecule has 1 saturated heterocycles. The summed E-state index contributed by atoms with van der Waals surface area (Å²) in [5, 5.41) is 0.720. The molecule has 1 aromatic rings. The maximum absolute atomic E-state index is 5.99. The summed E-state index contributed by atoms with van der Waals surface area (Å²) in [4.78, 5) is 6.37. The molecule has 1 aliphatic rings. The lowest BCUT2D eigenvalue weighted by molar-refractivity contribution is 0.417. The van der Waals surface area contributed by atoms with Gasteiger partial charge >= 0.3 is 0 Å². The van der Waals surface area contributed by atoms with Gasteiger partial charge in [0.1, 0.15) is 5.82 Å². The lowest BCUT2D eigenvalue weighted by Crippen LogP contribution is -2.50. The monoisotopic (exact) mass is 197 g/mol. The fraction of sp³-hybridized carbons (Fsp3) is 0.444. The predicted octanol–water partition coefficient (Wildman–Crippen LogP) is 1.13. The molecule has 0 atom stereocenters. The van der Waals surface area contributed by atoms with Crippen molar-refractivity contribution in [3.63, 3.8) is 0 Å². The highest BCUT2D eigenvalue weighted by molar-refractivity contribution is 6.32. The second-order valence-corrected chi connectivity index (χ2v) is 3.72. The summed E-state index contributed by atoms with van der Waals surface area (Å²) in [7, 11) is 0. The van der Waals surface area contributed by atoms with Crippen LogP contribution in [0, 0.1) is 5.92 Å². The van der Waals surface area contributed by atoms with Crippen molar-refractivity contribution in [1.29, 1.82) is 0 Å². The molecule has 1 aliphatic heterocycles. The topological polar surface area (TPSA) is 42.1 Å². The third-order valence-electron chi connectivity index (χ3n) is 2.33. The molecule has 0 saturated carbocycles. The van der Waals surface area contributed by atoms with Gasteiger partial charge in [-0.15, -0.1) is 0 Å². The molecular formula is C9H12ClN3. The third-order valence-corrected chi connectivity index (χ3v) is 2.62. The second-order valence-electron chi connectivity index (χ2n) is 3.32. The number of rotatable bonds is 2. The molecule has 2 heterocycles. The maximum atomic E-state index is 5.99. The zero-order chi connectivity index (χ0) is 9.26. The summed E-state index contributed by atoms with van der Waals surface area (Å²) in [6.07, 6.45) is 1.76. The molecule has 13 heavy (non-hydrogen) atoms. The molecule has 0 amide bonds. The molecule has 3 nitrogen and oxygen atoms in total. The molecule has 4 heteroatoms. The van der Waals surface area contributed by atoms with E-state index in [0.29, 0.717) is 5.92 Å². The summed E-state index contributed by atoms with van der Waals surface area (Å²) in [5.41, 5.74) is 5.53. The van der Waals surface area contributed by atoms with Crippen LogP contribution in [0.2, 0.25) is 5.02 Å². The van der Waals surface area contributed by atoms with E-state index in [9.17, 15) is 0 Å². The van der Waals surface area contributed by atoms with E-state index in [4.69, 9.17) is 17.3 Å². The molecule has 0 spiro atoms. The molecule has 0 aliphatic carbocycles. The van der Waals surface area contributed by atoms with Crippen molar-refractivity contribution in [1.82, 2.24) is 4.98 Å².